The molecule has 5 atom stereocenters. The third kappa shape index (κ3) is 5.21. The van der Waals surface area contributed by atoms with Crippen LogP contribution in [0.25, 0.3) is 0 Å². The van der Waals surface area contributed by atoms with E-state index in [9.17, 15) is 27.9 Å². The zero-order valence-electron chi connectivity index (χ0n) is 26.3. The van der Waals surface area contributed by atoms with E-state index in [1.807, 2.05) is 13.8 Å². The molecule has 0 radical (unpaired) electrons. The van der Waals surface area contributed by atoms with Crippen LogP contribution in [0.5, 0.6) is 17.2 Å². The maximum absolute atomic E-state index is 13.9. The second-order valence-electron chi connectivity index (χ2n) is 14.1. The van der Waals surface area contributed by atoms with Gasteiger partial charge in [-0.15, -0.1) is 0 Å². The minimum atomic E-state index is -4.45. The topological polar surface area (TPSA) is 79.3 Å². The summed E-state index contributed by atoms with van der Waals surface area (Å²) in [5.74, 6) is 6.46. The number of alkyl halides is 3. The van der Waals surface area contributed by atoms with Crippen molar-refractivity contribution in [2.75, 3.05) is 19.6 Å². The fourth-order valence-corrected chi connectivity index (χ4v) is 8.78. The van der Waals surface area contributed by atoms with E-state index in [2.05, 4.69) is 16.7 Å². The van der Waals surface area contributed by atoms with Crippen molar-refractivity contribution in [1.82, 2.24) is 9.80 Å². The van der Waals surface area contributed by atoms with E-state index in [-0.39, 0.29) is 29.7 Å². The molecule has 7 nitrogen and oxygen atoms in total. The van der Waals surface area contributed by atoms with Gasteiger partial charge in [0.2, 0.25) is 0 Å². The van der Waals surface area contributed by atoms with Gasteiger partial charge in [-0.05, 0) is 87.1 Å². The van der Waals surface area contributed by atoms with Crippen molar-refractivity contribution in [2.24, 2.45) is 17.8 Å². The van der Waals surface area contributed by atoms with Crippen LogP contribution in [-0.4, -0.2) is 64.6 Å². The second-order valence-corrected chi connectivity index (χ2v) is 14.1. The maximum atomic E-state index is 13.9. The van der Waals surface area contributed by atoms with Crippen LogP contribution in [0.3, 0.4) is 0 Å². The van der Waals surface area contributed by atoms with E-state index < -0.39 is 35.1 Å². The van der Waals surface area contributed by atoms with E-state index in [4.69, 9.17) is 9.47 Å². The summed E-state index contributed by atoms with van der Waals surface area (Å²) in [5, 5.41) is 11.2. The van der Waals surface area contributed by atoms with E-state index in [1.54, 1.807) is 4.90 Å². The molecule has 1 spiro atoms. The van der Waals surface area contributed by atoms with Gasteiger partial charge < -0.3 is 19.5 Å². The predicted molar refractivity (Wildman–Crippen MR) is 163 cm³/mol. The summed E-state index contributed by atoms with van der Waals surface area (Å²) in [7, 11) is 0. The third-order valence-electron chi connectivity index (χ3n) is 10.7. The number of benzene rings is 2. The summed E-state index contributed by atoms with van der Waals surface area (Å²) in [6.45, 7) is 7.77. The number of amides is 1. The molecule has 2 heterocycles. The van der Waals surface area contributed by atoms with Gasteiger partial charge in [0.05, 0.1) is 11.6 Å². The average molecular weight is 637 g/mol. The molecule has 5 aliphatic rings. The number of carbonyl (C=O) groups excluding carboxylic acids is 2. The Bertz CT molecular complexity index is 1620. The smallest absolute Gasteiger partial charge is 0.416 e. The maximum Gasteiger partial charge on any atom is 0.416 e. The molecule has 3 aliphatic carbocycles. The highest BCUT2D eigenvalue weighted by molar-refractivity contribution is 5.94. The van der Waals surface area contributed by atoms with Gasteiger partial charge in [0.1, 0.15) is 11.9 Å². The molecular formula is C36H39F3N2O5. The standard InChI is InChI=1S/C36H39F3N2O5/c1-20(2)18-41(31(44)13-8-22-6-9-24(10-7-22)36(37,38)39)27-12-11-26-28-16-25-30(45-21(3)42)17-29(43)33-32(25)35(26,34(27)46-33)14-15-40(28)19-23-4-5-23/h6-7,9-10,17,20,23,26-28,34,43H,4-5,11-12,14-16,18-19H2,1-3H3/t26-,27-,28+,34-,35-/m0/s1. The van der Waals surface area contributed by atoms with E-state index in [1.165, 1.54) is 38.0 Å². The monoisotopic (exact) mass is 636 g/mol. The van der Waals surface area contributed by atoms with Gasteiger partial charge in [0.15, 0.2) is 11.5 Å². The molecular weight excluding hydrogens is 597 g/mol. The quantitative estimate of drug-likeness (QED) is 0.250. The number of ether oxygens (including phenoxy) is 2. The van der Waals surface area contributed by atoms with Gasteiger partial charge in [-0.2, -0.15) is 13.2 Å². The van der Waals surface area contributed by atoms with Crippen molar-refractivity contribution >= 4 is 11.9 Å². The number of esters is 1. The highest BCUT2D eigenvalue weighted by atomic mass is 19.4. The van der Waals surface area contributed by atoms with Gasteiger partial charge in [0.25, 0.3) is 5.91 Å². The molecule has 244 valence electrons. The first kappa shape index (κ1) is 30.9. The molecule has 0 aromatic heterocycles. The third-order valence-corrected chi connectivity index (χ3v) is 10.7. The lowest BCUT2D eigenvalue weighted by Gasteiger charge is -2.60. The fraction of sp³-hybridized carbons (Fsp3) is 0.556. The molecule has 2 aromatic rings. The van der Waals surface area contributed by atoms with Crippen LogP contribution in [0.2, 0.25) is 0 Å². The highest BCUT2D eigenvalue weighted by Crippen LogP contribution is 2.66. The number of hydrogen-bond acceptors (Lipinski definition) is 6. The van der Waals surface area contributed by atoms with Gasteiger partial charge >= 0.3 is 12.1 Å². The number of halogens is 3. The predicted octanol–water partition coefficient (Wildman–Crippen LogP) is 5.69. The SMILES string of the molecule is CC(=O)Oc1cc(O)c2c3c1C[C@@H]1[C@@H]4CC[C@H](N(CC(C)C)C(=O)C#Cc5ccc(C(F)(F)F)cc5)[C@H](O2)[C@]34CCN1CC1CC1. The zero-order chi connectivity index (χ0) is 32.5. The highest BCUT2D eigenvalue weighted by Gasteiger charge is 2.67. The van der Waals surface area contributed by atoms with Crippen molar-refractivity contribution in [2.45, 2.75) is 89.1 Å². The number of piperidine rings is 1. The van der Waals surface area contributed by atoms with Crippen LogP contribution in [0.4, 0.5) is 13.2 Å². The lowest BCUT2D eigenvalue weighted by molar-refractivity contribution is -0.138. The Morgan fingerprint density at radius 1 is 1.17 bits per heavy atom. The summed E-state index contributed by atoms with van der Waals surface area (Å²) in [6.07, 6.45) is 0.685. The van der Waals surface area contributed by atoms with Crippen molar-refractivity contribution in [3.63, 3.8) is 0 Å². The number of phenols is 1. The number of rotatable bonds is 6. The molecule has 1 amide bonds. The second kappa shape index (κ2) is 11.2. The Hall–Kier alpha value is -3.71. The fourth-order valence-electron chi connectivity index (χ4n) is 8.78. The van der Waals surface area contributed by atoms with E-state index in [0.29, 0.717) is 42.4 Å². The molecule has 1 saturated heterocycles. The first-order valence-electron chi connectivity index (χ1n) is 16.3. The summed E-state index contributed by atoms with van der Waals surface area (Å²) in [5.41, 5.74) is 0.924. The molecule has 0 unspecified atom stereocenters. The Labute approximate surface area is 267 Å². The molecule has 2 aliphatic heterocycles. The molecule has 2 saturated carbocycles. The molecule has 7 rings (SSSR count). The van der Waals surface area contributed by atoms with Gasteiger partial charge in [-0.25, -0.2) is 0 Å². The van der Waals surface area contributed by atoms with Crippen molar-refractivity contribution in [3.05, 3.63) is 52.6 Å². The van der Waals surface area contributed by atoms with Crippen molar-refractivity contribution in [3.8, 4) is 29.1 Å². The van der Waals surface area contributed by atoms with Crippen LogP contribution >= 0.6 is 0 Å². The first-order valence-corrected chi connectivity index (χ1v) is 16.3. The van der Waals surface area contributed by atoms with Crippen molar-refractivity contribution in [1.29, 1.82) is 0 Å². The van der Waals surface area contributed by atoms with Gasteiger partial charge in [0, 0.05) is 60.1 Å². The minimum Gasteiger partial charge on any atom is -0.504 e. The van der Waals surface area contributed by atoms with Crippen LogP contribution in [0.15, 0.2) is 30.3 Å². The molecule has 10 heteroatoms. The number of carbonyl (C=O) groups is 2. The van der Waals surface area contributed by atoms with Crippen molar-refractivity contribution < 1.29 is 37.3 Å². The molecule has 2 aromatic carbocycles. The van der Waals surface area contributed by atoms with Crippen LogP contribution in [0, 0.1) is 29.6 Å². The number of phenolic OH excluding ortho intramolecular Hbond substituents is 1. The minimum absolute atomic E-state index is 0.0704. The summed E-state index contributed by atoms with van der Waals surface area (Å²) < 4.78 is 51.6. The Morgan fingerprint density at radius 3 is 2.57 bits per heavy atom. The van der Waals surface area contributed by atoms with Gasteiger partial charge in [-0.1, -0.05) is 19.8 Å². The summed E-state index contributed by atoms with van der Waals surface area (Å²) in [6, 6.07) is 5.87. The van der Waals surface area contributed by atoms with Crippen LogP contribution in [0.1, 0.15) is 75.1 Å². The number of nitrogens with zero attached hydrogens (tertiary/aromatic N) is 2. The Kier molecular flexibility index (Phi) is 7.54. The largest absolute Gasteiger partial charge is 0.504 e. The molecule has 2 bridgehead atoms. The van der Waals surface area contributed by atoms with Gasteiger partial charge in [-0.3, -0.25) is 14.5 Å². The summed E-state index contributed by atoms with van der Waals surface area (Å²) >= 11 is 0. The Morgan fingerprint density at radius 2 is 1.91 bits per heavy atom. The number of hydrogen-bond donors (Lipinski definition) is 1. The molecule has 3 fully saturated rings. The number of likely N-dealkylation sites (tertiary alicyclic amines) is 1. The molecule has 46 heavy (non-hydrogen) atoms. The zero-order valence-corrected chi connectivity index (χ0v) is 26.3. The molecule has 1 N–H and O–H groups in total. The Balaban J connectivity index is 1.26. The van der Waals surface area contributed by atoms with Crippen LogP contribution < -0.4 is 9.47 Å². The lowest BCUT2D eigenvalue weighted by atomic mass is 9.50. The first-order chi connectivity index (χ1) is 21.9. The number of aromatic hydroxyl groups is 1. The van der Waals surface area contributed by atoms with E-state index in [0.717, 1.165) is 49.2 Å². The van der Waals surface area contributed by atoms with E-state index >= 15 is 0 Å². The summed E-state index contributed by atoms with van der Waals surface area (Å²) in [4.78, 5) is 30.4. The lowest BCUT2D eigenvalue weighted by Crippen LogP contribution is -2.69. The average Bonchev–Trinajstić information content (AvgIpc) is 3.74. The van der Waals surface area contributed by atoms with Crippen LogP contribution in [-0.2, 0) is 27.6 Å². The normalized spacial score (nSPS) is 27.7.